The minimum Gasteiger partial charge on any atom is -0.480 e. The number of nitrogens with zero attached hydrogens (tertiary/aromatic N) is 1. The molecule has 0 heterocycles. The molecule has 0 spiro atoms. The number of carboxylic acid groups (broad SMARTS) is 1. The summed E-state index contributed by atoms with van der Waals surface area (Å²) < 4.78 is 0. The van der Waals surface area contributed by atoms with Crippen LogP contribution in [0, 0.1) is 16.7 Å². The van der Waals surface area contributed by atoms with E-state index < -0.39 is 23.5 Å². The number of urea groups is 1. The molecule has 0 aliphatic heterocycles. The largest absolute Gasteiger partial charge is 0.480 e. The molecular formula is C14H17N3O3. The molecule has 0 aromatic heterocycles. The first-order valence-electron chi connectivity index (χ1n) is 6.05. The first kappa shape index (κ1) is 15.5. The maximum Gasteiger partial charge on any atom is 0.326 e. The third kappa shape index (κ3) is 3.99. The Morgan fingerprint density at radius 3 is 2.40 bits per heavy atom. The van der Waals surface area contributed by atoms with Crippen molar-refractivity contribution < 1.29 is 14.7 Å². The highest BCUT2D eigenvalue weighted by atomic mass is 16.4. The van der Waals surface area contributed by atoms with Gasteiger partial charge in [-0.05, 0) is 17.5 Å². The minimum atomic E-state index is -1.11. The number of carbonyl (C=O) groups excluding carboxylic acids is 1. The highest BCUT2D eigenvalue weighted by Gasteiger charge is 2.32. The summed E-state index contributed by atoms with van der Waals surface area (Å²) in [5.74, 6) is -1.11. The van der Waals surface area contributed by atoms with Crippen LogP contribution in [0.5, 0.6) is 0 Å². The van der Waals surface area contributed by atoms with Crippen LogP contribution in [0.2, 0.25) is 0 Å². The van der Waals surface area contributed by atoms with Gasteiger partial charge in [0.15, 0.2) is 0 Å². The number of anilines is 1. The number of hydrogen-bond donors (Lipinski definition) is 3. The second-order valence-corrected chi connectivity index (χ2v) is 5.39. The van der Waals surface area contributed by atoms with Crippen molar-refractivity contribution in [3.63, 3.8) is 0 Å². The molecule has 1 aromatic rings. The normalized spacial score (nSPS) is 12.1. The number of carboxylic acids is 1. The smallest absolute Gasteiger partial charge is 0.326 e. The molecule has 0 unspecified atom stereocenters. The van der Waals surface area contributed by atoms with Gasteiger partial charge in [0.1, 0.15) is 12.1 Å². The summed E-state index contributed by atoms with van der Waals surface area (Å²) in [6.07, 6.45) is 0. The van der Waals surface area contributed by atoms with Gasteiger partial charge >= 0.3 is 12.0 Å². The van der Waals surface area contributed by atoms with E-state index in [1.54, 1.807) is 45.0 Å². The number of para-hydroxylation sites is 1. The number of aliphatic carboxylic acids is 1. The maximum atomic E-state index is 11.8. The highest BCUT2D eigenvalue weighted by molar-refractivity contribution is 5.93. The lowest BCUT2D eigenvalue weighted by atomic mass is 9.87. The average molecular weight is 275 g/mol. The molecule has 1 aromatic carbocycles. The zero-order chi connectivity index (χ0) is 15.3. The molecule has 3 N–H and O–H groups in total. The van der Waals surface area contributed by atoms with Crippen molar-refractivity contribution in [3.05, 3.63) is 29.8 Å². The Bertz CT molecular complexity index is 556. The second-order valence-electron chi connectivity index (χ2n) is 5.39. The Balaban J connectivity index is 2.82. The molecule has 1 atom stereocenters. The summed E-state index contributed by atoms with van der Waals surface area (Å²) in [6.45, 7) is 5.15. The third-order valence-corrected chi connectivity index (χ3v) is 2.68. The molecule has 0 radical (unpaired) electrons. The number of carbonyl (C=O) groups is 2. The zero-order valence-electron chi connectivity index (χ0n) is 11.6. The van der Waals surface area contributed by atoms with Gasteiger partial charge in [-0.2, -0.15) is 5.26 Å². The topological polar surface area (TPSA) is 102 Å². The van der Waals surface area contributed by atoms with Crippen molar-refractivity contribution in [1.82, 2.24) is 5.32 Å². The Hall–Kier alpha value is -2.55. The fraction of sp³-hybridized carbons (Fsp3) is 0.357. The van der Waals surface area contributed by atoms with E-state index >= 15 is 0 Å². The van der Waals surface area contributed by atoms with Gasteiger partial charge in [-0.25, -0.2) is 9.59 Å². The quantitative estimate of drug-likeness (QED) is 0.786. The summed E-state index contributed by atoms with van der Waals surface area (Å²) in [4.78, 5) is 23.0. The summed E-state index contributed by atoms with van der Waals surface area (Å²) in [5, 5.41) is 22.9. The van der Waals surface area contributed by atoms with Crippen LogP contribution in [-0.4, -0.2) is 23.1 Å². The first-order chi connectivity index (χ1) is 9.25. The molecule has 6 heteroatoms. The number of nitrogens with one attached hydrogen (secondary N) is 2. The van der Waals surface area contributed by atoms with E-state index in [1.807, 2.05) is 6.07 Å². The highest BCUT2D eigenvalue weighted by Crippen LogP contribution is 2.20. The van der Waals surface area contributed by atoms with E-state index in [4.69, 9.17) is 10.4 Å². The summed E-state index contributed by atoms with van der Waals surface area (Å²) in [7, 11) is 0. The SMILES string of the molecule is CC(C)(C)[C@H](NC(=O)Nc1ccccc1C#N)C(=O)O. The van der Waals surface area contributed by atoms with Gasteiger partial charge in [0, 0.05) is 0 Å². The lowest BCUT2D eigenvalue weighted by Crippen LogP contribution is -2.50. The number of rotatable bonds is 3. The van der Waals surface area contributed by atoms with E-state index in [0.29, 0.717) is 11.3 Å². The Morgan fingerprint density at radius 2 is 1.90 bits per heavy atom. The van der Waals surface area contributed by atoms with Gasteiger partial charge in [0.2, 0.25) is 0 Å². The van der Waals surface area contributed by atoms with Gasteiger partial charge in [-0.1, -0.05) is 32.9 Å². The van der Waals surface area contributed by atoms with Crippen LogP contribution in [0.3, 0.4) is 0 Å². The average Bonchev–Trinajstić information content (AvgIpc) is 2.35. The number of amides is 2. The number of nitriles is 1. The van der Waals surface area contributed by atoms with Crippen LogP contribution in [0.15, 0.2) is 24.3 Å². The molecular weight excluding hydrogens is 258 g/mol. The summed E-state index contributed by atoms with van der Waals surface area (Å²) in [6, 6.07) is 6.75. The van der Waals surface area contributed by atoms with Crippen LogP contribution in [0.1, 0.15) is 26.3 Å². The number of hydrogen-bond acceptors (Lipinski definition) is 3. The van der Waals surface area contributed by atoms with Crippen molar-refractivity contribution >= 4 is 17.7 Å². The van der Waals surface area contributed by atoms with Crippen molar-refractivity contribution in [2.24, 2.45) is 5.41 Å². The van der Waals surface area contributed by atoms with E-state index in [1.165, 1.54) is 0 Å². The standard InChI is InChI=1S/C14H17N3O3/c1-14(2,3)11(12(18)19)17-13(20)16-10-7-5-4-6-9(10)8-15/h4-7,11H,1-3H3,(H,18,19)(H2,16,17,20)/t11-/m1/s1. The van der Waals surface area contributed by atoms with Crippen LogP contribution in [0.25, 0.3) is 0 Å². The molecule has 6 nitrogen and oxygen atoms in total. The van der Waals surface area contributed by atoms with E-state index in [9.17, 15) is 9.59 Å². The van der Waals surface area contributed by atoms with E-state index in [-0.39, 0.29) is 0 Å². The van der Waals surface area contributed by atoms with E-state index in [0.717, 1.165) is 0 Å². The van der Waals surface area contributed by atoms with Crippen LogP contribution in [0.4, 0.5) is 10.5 Å². The Kier molecular flexibility index (Phi) is 4.70. The Morgan fingerprint density at radius 1 is 1.30 bits per heavy atom. The number of benzene rings is 1. The van der Waals surface area contributed by atoms with E-state index in [2.05, 4.69) is 10.6 Å². The molecule has 1 rings (SSSR count). The summed E-state index contributed by atoms with van der Waals surface area (Å²) >= 11 is 0. The Labute approximate surface area is 117 Å². The lowest BCUT2D eigenvalue weighted by molar-refractivity contribution is -0.141. The molecule has 0 saturated carbocycles. The van der Waals surface area contributed by atoms with Gasteiger partial charge in [-0.3, -0.25) is 0 Å². The van der Waals surface area contributed by atoms with Gasteiger partial charge in [0.25, 0.3) is 0 Å². The molecule has 0 aliphatic carbocycles. The molecule has 106 valence electrons. The molecule has 0 aliphatic rings. The van der Waals surface area contributed by atoms with Gasteiger partial charge < -0.3 is 15.7 Å². The molecule has 20 heavy (non-hydrogen) atoms. The predicted molar refractivity (Wildman–Crippen MR) is 74.2 cm³/mol. The molecule has 2 amide bonds. The van der Waals surface area contributed by atoms with Crippen LogP contribution >= 0.6 is 0 Å². The van der Waals surface area contributed by atoms with Gasteiger partial charge in [-0.15, -0.1) is 0 Å². The monoisotopic (exact) mass is 275 g/mol. The lowest BCUT2D eigenvalue weighted by Gasteiger charge is -2.27. The fourth-order valence-electron chi connectivity index (χ4n) is 1.63. The minimum absolute atomic E-state index is 0.310. The van der Waals surface area contributed by atoms with Gasteiger partial charge in [0.05, 0.1) is 11.3 Å². The van der Waals surface area contributed by atoms with Crippen molar-refractivity contribution in [3.8, 4) is 6.07 Å². The van der Waals surface area contributed by atoms with Crippen molar-refractivity contribution in [2.45, 2.75) is 26.8 Å². The van der Waals surface area contributed by atoms with Crippen molar-refractivity contribution in [2.75, 3.05) is 5.32 Å². The molecule has 0 bridgehead atoms. The summed E-state index contributed by atoms with van der Waals surface area (Å²) in [5.41, 5.74) is 0.0219. The zero-order valence-corrected chi connectivity index (χ0v) is 11.6. The second kappa shape index (κ2) is 6.06. The third-order valence-electron chi connectivity index (χ3n) is 2.68. The van der Waals surface area contributed by atoms with Crippen LogP contribution in [-0.2, 0) is 4.79 Å². The fourth-order valence-corrected chi connectivity index (χ4v) is 1.63. The predicted octanol–water partition coefficient (Wildman–Crippen LogP) is 2.18. The van der Waals surface area contributed by atoms with Crippen LogP contribution < -0.4 is 10.6 Å². The molecule has 0 fully saturated rings. The maximum absolute atomic E-state index is 11.8. The van der Waals surface area contributed by atoms with Crippen molar-refractivity contribution in [1.29, 1.82) is 5.26 Å². The molecule has 0 saturated heterocycles. The first-order valence-corrected chi connectivity index (χ1v) is 6.05.